The van der Waals surface area contributed by atoms with Gasteiger partial charge in [-0.25, -0.2) is 0 Å². The van der Waals surface area contributed by atoms with E-state index in [-0.39, 0.29) is 17.4 Å². The van der Waals surface area contributed by atoms with Crippen molar-refractivity contribution in [1.29, 1.82) is 0 Å². The van der Waals surface area contributed by atoms with E-state index in [1.54, 1.807) is 6.07 Å². The Morgan fingerprint density at radius 1 is 1.53 bits per heavy atom. The molecule has 0 aliphatic rings. The lowest BCUT2D eigenvalue weighted by atomic mass is 10.2. The average molecular weight is 265 g/mol. The van der Waals surface area contributed by atoms with Crippen LogP contribution < -0.4 is 16.2 Å². The van der Waals surface area contributed by atoms with E-state index in [4.69, 9.17) is 16.2 Å². The zero-order chi connectivity index (χ0) is 14.3. The van der Waals surface area contributed by atoms with Gasteiger partial charge in [0.05, 0.1) is 17.7 Å². The maximum absolute atomic E-state index is 10.9. The Hall–Kier alpha value is -2.64. The van der Waals surface area contributed by atoms with Crippen LogP contribution in [0.2, 0.25) is 0 Å². The van der Waals surface area contributed by atoms with Crippen LogP contribution in [-0.4, -0.2) is 23.7 Å². The lowest BCUT2D eigenvalue weighted by molar-refractivity contribution is -0.385. The molecule has 0 unspecified atom stereocenters. The molecule has 0 heterocycles. The number of nitro groups is 1. The van der Waals surface area contributed by atoms with Crippen molar-refractivity contribution in [2.24, 2.45) is 21.7 Å². The first-order valence-electron chi connectivity index (χ1n) is 5.57. The molecule has 0 saturated heterocycles. The predicted molar refractivity (Wildman–Crippen MR) is 72.3 cm³/mol. The topological polar surface area (TPSA) is 129 Å². The molecule has 4 N–H and O–H groups in total. The second kappa shape index (κ2) is 6.94. The summed E-state index contributed by atoms with van der Waals surface area (Å²) in [6.07, 6.45) is 2.08. The molecule has 0 fully saturated rings. The van der Waals surface area contributed by atoms with Crippen LogP contribution in [0.25, 0.3) is 0 Å². The van der Waals surface area contributed by atoms with Crippen molar-refractivity contribution in [2.75, 3.05) is 6.61 Å². The van der Waals surface area contributed by atoms with Gasteiger partial charge in [0.15, 0.2) is 5.75 Å². The molecule has 8 heteroatoms. The summed E-state index contributed by atoms with van der Waals surface area (Å²) in [4.78, 5) is 10.4. The minimum Gasteiger partial charge on any atom is -0.487 e. The first-order chi connectivity index (χ1) is 9.04. The molecule has 19 heavy (non-hydrogen) atoms. The number of benzene rings is 1. The highest BCUT2D eigenvalue weighted by molar-refractivity contribution is 5.83. The van der Waals surface area contributed by atoms with Gasteiger partial charge in [-0.1, -0.05) is 6.92 Å². The summed E-state index contributed by atoms with van der Waals surface area (Å²) in [5.41, 5.74) is 10.6. The summed E-state index contributed by atoms with van der Waals surface area (Å²) < 4.78 is 5.29. The van der Waals surface area contributed by atoms with Gasteiger partial charge in [-0.15, -0.1) is 5.10 Å². The molecule has 102 valence electrons. The normalized spacial score (nSPS) is 10.4. The second-order valence-electron chi connectivity index (χ2n) is 3.60. The Bertz CT molecular complexity index is 509. The summed E-state index contributed by atoms with van der Waals surface area (Å²) in [6, 6.07) is 4.49. The van der Waals surface area contributed by atoms with Crippen LogP contribution in [0.15, 0.2) is 28.4 Å². The summed E-state index contributed by atoms with van der Waals surface area (Å²) in [6.45, 7) is 2.34. The average Bonchev–Trinajstić information content (AvgIpc) is 2.36. The lowest BCUT2D eigenvalue weighted by Gasteiger charge is -2.05. The number of nitrogens with zero attached hydrogens (tertiary/aromatic N) is 3. The van der Waals surface area contributed by atoms with Crippen LogP contribution in [-0.2, 0) is 0 Å². The summed E-state index contributed by atoms with van der Waals surface area (Å²) in [5.74, 6) is 0.0412. The zero-order valence-electron chi connectivity index (χ0n) is 10.4. The van der Waals surface area contributed by atoms with Crippen LogP contribution in [0, 0.1) is 10.1 Å². The van der Waals surface area contributed by atoms with E-state index in [1.807, 2.05) is 6.92 Å². The fourth-order valence-corrected chi connectivity index (χ4v) is 1.25. The van der Waals surface area contributed by atoms with Crippen molar-refractivity contribution < 1.29 is 9.66 Å². The van der Waals surface area contributed by atoms with Gasteiger partial charge < -0.3 is 16.2 Å². The molecule has 1 aromatic carbocycles. The maximum Gasteiger partial charge on any atom is 0.311 e. The highest BCUT2D eigenvalue weighted by atomic mass is 16.6. The Morgan fingerprint density at radius 2 is 2.26 bits per heavy atom. The quantitative estimate of drug-likeness (QED) is 0.343. The van der Waals surface area contributed by atoms with Crippen LogP contribution >= 0.6 is 0 Å². The molecular weight excluding hydrogens is 250 g/mol. The fraction of sp³-hybridized carbons (Fsp3) is 0.273. The second-order valence-corrected chi connectivity index (χ2v) is 3.60. The molecule has 0 radical (unpaired) electrons. The van der Waals surface area contributed by atoms with E-state index >= 15 is 0 Å². The van der Waals surface area contributed by atoms with Crippen molar-refractivity contribution in [3.8, 4) is 5.75 Å². The van der Waals surface area contributed by atoms with Gasteiger partial charge in [-0.2, -0.15) is 5.10 Å². The van der Waals surface area contributed by atoms with Gasteiger partial charge in [-0.3, -0.25) is 10.1 Å². The minimum absolute atomic E-state index is 0.123. The number of nitrogens with two attached hydrogens (primary N) is 2. The number of nitro benzene ring substituents is 1. The molecule has 0 aliphatic carbocycles. The van der Waals surface area contributed by atoms with Crippen molar-refractivity contribution >= 4 is 17.9 Å². The van der Waals surface area contributed by atoms with E-state index in [0.29, 0.717) is 12.2 Å². The predicted octanol–water partition coefficient (Wildman–Crippen LogP) is 0.991. The van der Waals surface area contributed by atoms with Crippen molar-refractivity contribution in [3.05, 3.63) is 33.9 Å². The first kappa shape index (κ1) is 14.4. The fourth-order valence-electron chi connectivity index (χ4n) is 1.25. The van der Waals surface area contributed by atoms with Gasteiger partial charge >= 0.3 is 5.69 Å². The third kappa shape index (κ3) is 4.62. The van der Waals surface area contributed by atoms with E-state index < -0.39 is 4.92 Å². The minimum atomic E-state index is -0.511. The summed E-state index contributed by atoms with van der Waals surface area (Å²) in [7, 11) is 0. The zero-order valence-corrected chi connectivity index (χ0v) is 10.4. The Labute approximate surface area is 109 Å². The Morgan fingerprint density at radius 3 is 2.84 bits per heavy atom. The number of rotatable bonds is 6. The lowest BCUT2D eigenvalue weighted by Crippen LogP contribution is -2.21. The van der Waals surface area contributed by atoms with Crippen molar-refractivity contribution in [1.82, 2.24) is 0 Å². The van der Waals surface area contributed by atoms with Crippen molar-refractivity contribution in [2.45, 2.75) is 13.3 Å². The molecule has 8 nitrogen and oxygen atoms in total. The molecule has 0 spiro atoms. The van der Waals surface area contributed by atoms with Crippen LogP contribution in [0.4, 0.5) is 5.69 Å². The Balaban J connectivity index is 2.99. The van der Waals surface area contributed by atoms with Crippen molar-refractivity contribution in [3.63, 3.8) is 0 Å². The summed E-state index contributed by atoms with van der Waals surface area (Å²) in [5, 5.41) is 17.9. The Kier molecular flexibility index (Phi) is 5.27. The van der Waals surface area contributed by atoms with Gasteiger partial charge in [0, 0.05) is 11.6 Å². The first-order valence-corrected chi connectivity index (χ1v) is 5.57. The van der Waals surface area contributed by atoms with Crippen LogP contribution in [0.1, 0.15) is 18.9 Å². The molecule has 1 rings (SSSR count). The molecule has 0 atom stereocenters. The summed E-state index contributed by atoms with van der Waals surface area (Å²) >= 11 is 0. The number of guanidine groups is 1. The molecule has 0 saturated carbocycles. The number of hydrogen-bond donors (Lipinski definition) is 2. The SMILES string of the molecule is CCCOc1ccc(/C=N\N=C(N)N)cc1[N+](=O)[O-]. The monoisotopic (exact) mass is 265 g/mol. The maximum atomic E-state index is 10.9. The molecular formula is C11H15N5O3. The smallest absolute Gasteiger partial charge is 0.311 e. The van der Waals surface area contributed by atoms with Crippen LogP contribution in [0.5, 0.6) is 5.75 Å². The number of ether oxygens (including phenoxy) is 1. The van der Waals surface area contributed by atoms with Gasteiger partial charge in [0.1, 0.15) is 0 Å². The third-order valence-corrected chi connectivity index (χ3v) is 2.02. The number of hydrogen-bond acceptors (Lipinski definition) is 5. The molecule has 1 aromatic rings. The van der Waals surface area contributed by atoms with Gasteiger partial charge in [-0.05, 0) is 18.6 Å². The van der Waals surface area contributed by atoms with E-state index in [0.717, 1.165) is 6.42 Å². The van der Waals surface area contributed by atoms with Gasteiger partial charge in [0.2, 0.25) is 5.96 Å². The molecule has 0 bridgehead atoms. The van der Waals surface area contributed by atoms with E-state index in [1.165, 1.54) is 18.3 Å². The highest BCUT2D eigenvalue weighted by Gasteiger charge is 2.15. The molecule has 0 aliphatic heterocycles. The largest absolute Gasteiger partial charge is 0.487 e. The molecule has 0 amide bonds. The van der Waals surface area contributed by atoms with Gasteiger partial charge in [0.25, 0.3) is 0 Å². The van der Waals surface area contributed by atoms with E-state index in [2.05, 4.69) is 10.2 Å². The highest BCUT2D eigenvalue weighted by Crippen LogP contribution is 2.27. The standard InChI is InChI=1S/C11H15N5O3/c1-2-5-19-10-4-3-8(6-9(10)16(17)18)7-14-15-11(12)13/h3-4,6-7H,2,5H2,1H3,(H4,12,13,15)/b14-7-. The molecule has 0 aromatic heterocycles. The van der Waals surface area contributed by atoms with Crippen LogP contribution in [0.3, 0.4) is 0 Å². The van der Waals surface area contributed by atoms with E-state index in [9.17, 15) is 10.1 Å². The third-order valence-electron chi connectivity index (χ3n) is 2.02.